The van der Waals surface area contributed by atoms with Crippen molar-refractivity contribution in [3.05, 3.63) is 64.5 Å². The van der Waals surface area contributed by atoms with Crippen LogP contribution in [-0.4, -0.2) is 26.5 Å². The minimum Gasteiger partial charge on any atom is -0.465 e. The molecule has 0 saturated heterocycles. The van der Waals surface area contributed by atoms with Crippen LogP contribution >= 0.6 is 11.3 Å². The number of nitrogens with one attached hydrogen (secondary N) is 1. The molecule has 140 valence electrons. The van der Waals surface area contributed by atoms with Gasteiger partial charge in [-0.1, -0.05) is 29.8 Å². The van der Waals surface area contributed by atoms with Gasteiger partial charge >= 0.3 is 5.97 Å². The normalized spacial score (nSPS) is 11.2. The Morgan fingerprint density at radius 2 is 1.89 bits per heavy atom. The van der Waals surface area contributed by atoms with Gasteiger partial charge in [0.15, 0.2) is 5.13 Å². The van der Waals surface area contributed by atoms with Crippen LogP contribution in [0.15, 0.2) is 52.7 Å². The number of benzene rings is 2. The monoisotopic (exact) mass is 402 g/mol. The molecule has 0 saturated carbocycles. The molecular formula is C19H18N2O4S2. The molecule has 0 aliphatic heterocycles. The summed E-state index contributed by atoms with van der Waals surface area (Å²) in [4.78, 5) is 16.1. The molecule has 1 aromatic heterocycles. The largest absolute Gasteiger partial charge is 0.465 e. The quantitative estimate of drug-likeness (QED) is 0.652. The molecule has 0 unspecified atom stereocenters. The number of thiazole rings is 1. The van der Waals surface area contributed by atoms with E-state index in [0.29, 0.717) is 5.69 Å². The smallest absolute Gasteiger partial charge is 0.339 e. The highest BCUT2D eigenvalue weighted by atomic mass is 32.2. The Hall–Kier alpha value is -2.71. The summed E-state index contributed by atoms with van der Waals surface area (Å²) in [6, 6.07) is 11.9. The summed E-state index contributed by atoms with van der Waals surface area (Å²) in [5.41, 5.74) is 3.76. The molecule has 1 heterocycles. The summed E-state index contributed by atoms with van der Waals surface area (Å²) in [7, 11) is -2.78. The number of ether oxygens (including phenoxy) is 1. The second-order valence-electron chi connectivity index (χ2n) is 5.95. The minimum atomic E-state index is -3.99. The van der Waals surface area contributed by atoms with Gasteiger partial charge in [0.05, 0.1) is 18.4 Å². The molecule has 8 heteroatoms. The van der Waals surface area contributed by atoms with Gasteiger partial charge in [-0.25, -0.2) is 18.2 Å². The zero-order chi connectivity index (χ0) is 19.6. The number of carbonyl (C=O) groups excluding carboxylic acids is 1. The summed E-state index contributed by atoms with van der Waals surface area (Å²) >= 11 is 1.18. The second kappa shape index (κ2) is 7.50. The number of esters is 1. The van der Waals surface area contributed by atoms with Crippen molar-refractivity contribution < 1.29 is 17.9 Å². The number of hydrogen-bond donors (Lipinski definition) is 1. The third-order valence-corrected chi connectivity index (χ3v) is 6.26. The van der Waals surface area contributed by atoms with Gasteiger partial charge in [-0.05, 0) is 37.6 Å². The van der Waals surface area contributed by atoms with Crippen LogP contribution in [0.25, 0.3) is 11.3 Å². The van der Waals surface area contributed by atoms with E-state index in [-0.39, 0.29) is 15.6 Å². The van der Waals surface area contributed by atoms with Crippen LogP contribution in [0.4, 0.5) is 5.13 Å². The van der Waals surface area contributed by atoms with E-state index in [4.69, 9.17) is 0 Å². The van der Waals surface area contributed by atoms with Crippen LogP contribution in [0.3, 0.4) is 0 Å². The van der Waals surface area contributed by atoms with Crippen LogP contribution in [0.1, 0.15) is 21.5 Å². The summed E-state index contributed by atoms with van der Waals surface area (Å²) in [6.07, 6.45) is 0. The third-order valence-electron chi connectivity index (χ3n) is 3.98. The van der Waals surface area contributed by atoms with Gasteiger partial charge in [0.25, 0.3) is 10.0 Å². The average molecular weight is 402 g/mol. The molecule has 6 nitrogen and oxygen atoms in total. The molecule has 0 amide bonds. The Bertz CT molecular complexity index is 1100. The molecule has 3 rings (SSSR count). The Morgan fingerprint density at radius 1 is 1.15 bits per heavy atom. The van der Waals surface area contributed by atoms with Crippen molar-refractivity contribution in [2.75, 3.05) is 11.8 Å². The molecule has 0 atom stereocenters. The molecule has 3 aromatic rings. The maximum Gasteiger partial charge on any atom is 0.339 e. The molecule has 0 bridgehead atoms. The highest BCUT2D eigenvalue weighted by Gasteiger charge is 2.24. The van der Waals surface area contributed by atoms with Gasteiger partial charge in [-0.2, -0.15) is 0 Å². The van der Waals surface area contributed by atoms with Crippen molar-refractivity contribution >= 4 is 32.5 Å². The van der Waals surface area contributed by atoms with Gasteiger partial charge in [0.1, 0.15) is 4.90 Å². The number of rotatable bonds is 5. The number of methoxy groups -OCH3 is 1. The highest BCUT2D eigenvalue weighted by Crippen LogP contribution is 2.30. The fourth-order valence-corrected chi connectivity index (χ4v) is 4.77. The first-order valence-electron chi connectivity index (χ1n) is 8.05. The lowest BCUT2D eigenvalue weighted by Crippen LogP contribution is -2.17. The summed E-state index contributed by atoms with van der Waals surface area (Å²) in [5, 5.41) is 2.02. The summed E-state index contributed by atoms with van der Waals surface area (Å²) < 4.78 is 32.6. The van der Waals surface area contributed by atoms with E-state index in [1.807, 2.05) is 32.0 Å². The predicted molar refractivity (Wildman–Crippen MR) is 106 cm³/mol. The number of carbonyl (C=O) groups is 1. The molecular weight excluding hydrogens is 384 g/mol. The number of aryl methyl sites for hydroxylation is 2. The maximum absolute atomic E-state index is 12.8. The molecule has 0 fully saturated rings. The van der Waals surface area contributed by atoms with Crippen LogP contribution in [-0.2, 0) is 14.8 Å². The van der Waals surface area contributed by atoms with Gasteiger partial charge in [-0.15, -0.1) is 11.3 Å². The van der Waals surface area contributed by atoms with Crippen molar-refractivity contribution in [1.29, 1.82) is 0 Å². The fourth-order valence-electron chi connectivity index (χ4n) is 2.61. The Morgan fingerprint density at radius 3 is 2.63 bits per heavy atom. The van der Waals surface area contributed by atoms with Crippen LogP contribution < -0.4 is 4.72 Å². The van der Waals surface area contributed by atoms with E-state index in [9.17, 15) is 13.2 Å². The van der Waals surface area contributed by atoms with Crippen molar-refractivity contribution in [2.45, 2.75) is 18.7 Å². The van der Waals surface area contributed by atoms with Crippen molar-refractivity contribution in [2.24, 2.45) is 0 Å². The Labute approximate surface area is 161 Å². The SMILES string of the molecule is COC(=O)c1ccccc1S(=O)(=O)Nc1nc(-c2cc(C)ccc2C)cs1. The molecule has 27 heavy (non-hydrogen) atoms. The zero-order valence-corrected chi connectivity index (χ0v) is 16.6. The van der Waals surface area contributed by atoms with Crippen molar-refractivity contribution in [1.82, 2.24) is 4.98 Å². The molecule has 0 aliphatic carbocycles. The lowest BCUT2D eigenvalue weighted by Gasteiger charge is -2.09. The Balaban J connectivity index is 1.94. The number of aromatic nitrogens is 1. The van der Waals surface area contributed by atoms with E-state index in [0.717, 1.165) is 16.7 Å². The first-order valence-corrected chi connectivity index (χ1v) is 10.4. The molecule has 1 N–H and O–H groups in total. The van der Waals surface area contributed by atoms with E-state index in [2.05, 4.69) is 14.4 Å². The molecule has 0 radical (unpaired) electrons. The van der Waals surface area contributed by atoms with Crippen molar-refractivity contribution in [3.8, 4) is 11.3 Å². The Kier molecular flexibility index (Phi) is 5.29. The number of hydrogen-bond acceptors (Lipinski definition) is 6. The third kappa shape index (κ3) is 4.01. The zero-order valence-electron chi connectivity index (χ0n) is 15.0. The van der Waals surface area contributed by atoms with Crippen molar-refractivity contribution in [3.63, 3.8) is 0 Å². The van der Waals surface area contributed by atoms with Gasteiger partial charge < -0.3 is 4.74 Å². The van der Waals surface area contributed by atoms with Gasteiger partial charge in [0.2, 0.25) is 0 Å². The highest BCUT2D eigenvalue weighted by molar-refractivity contribution is 7.93. The average Bonchev–Trinajstić information content (AvgIpc) is 3.10. The van der Waals surface area contributed by atoms with E-state index in [1.54, 1.807) is 17.5 Å². The number of sulfonamides is 1. The lowest BCUT2D eigenvalue weighted by atomic mass is 10.0. The number of anilines is 1. The first kappa shape index (κ1) is 19.1. The number of nitrogens with zero attached hydrogens (tertiary/aromatic N) is 1. The second-order valence-corrected chi connectivity index (χ2v) is 8.46. The van der Waals surface area contributed by atoms with Gasteiger partial charge in [0, 0.05) is 10.9 Å². The standard InChI is InChI=1S/C19H18N2O4S2/c1-12-8-9-13(2)15(10-12)16-11-26-19(20-16)21-27(23,24)17-7-5-4-6-14(17)18(22)25-3/h4-11H,1-3H3,(H,20,21). The van der Waals surface area contributed by atoms with Crippen LogP contribution in [0, 0.1) is 13.8 Å². The molecule has 2 aromatic carbocycles. The predicted octanol–water partition coefficient (Wildman–Crippen LogP) is 4.01. The van der Waals surface area contributed by atoms with E-state index in [1.165, 1.54) is 30.6 Å². The van der Waals surface area contributed by atoms with Crippen LogP contribution in [0.5, 0.6) is 0 Å². The minimum absolute atomic E-state index is 0.0289. The van der Waals surface area contributed by atoms with Gasteiger partial charge in [-0.3, -0.25) is 4.72 Å². The topological polar surface area (TPSA) is 85.4 Å². The summed E-state index contributed by atoms with van der Waals surface area (Å²) in [6.45, 7) is 3.97. The summed E-state index contributed by atoms with van der Waals surface area (Å²) in [5.74, 6) is -0.716. The maximum atomic E-state index is 12.8. The fraction of sp³-hybridized carbons (Fsp3) is 0.158. The van der Waals surface area contributed by atoms with E-state index >= 15 is 0 Å². The van der Waals surface area contributed by atoms with Crippen LogP contribution in [0.2, 0.25) is 0 Å². The first-order chi connectivity index (χ1) is 12.8. The van der Waals surface area contributed by atoms with E-state index < -0.39 is 16.0 Å². The molecule has 0 spiro atoms. The molecule has 0 aliphatic rings. The lowest BCUT2D eigenvalue weighted by molar-refractivity contribution is 0.0596.